The molecule has 0 unspecified atom stereocenters. The van der Waals surface area contributed by atoms with Gasteiger partial charge in [0, 0.05) is 18.2 Å². The first kappa shape index (κ1) is 13.0. The van der Waals surface area contributed by atoms with E-state index in [0.717, 1.165) is 0 Å². The van der Waals surface area contributed by atoms with Crippen LogP contribution in [-0.2, 0) is 13.1 Å². The molecule has 19 heavy (non-hydrogen) atoms. The molecule has 2 aromatic rings. The van der Waals surface area contributed by atoms with Gasteiger partial charge in [0.25, 0.3) is 0 Å². The van der Waals surface area contributed by atoms with Crippen molar-refractivity contribution < 1.29 is 14.1 Å². The summed E-state index contributed by atoms with van der Waals surface area (Å²) >= 11 is 0. The van der Waals surface area contributed by atoms with Gasteiger partial charge in [-0.3, -0.25) is 0 Å². The molecular weight excluding hydrogens is 251 g/mol. The Morgan fingerprint density at radius 3 is 2.95 bits per heavy atom. The van der Waals surface area contributed by atoms with Crippen molar-refractivity contribution in [2.75, 3.05) is 0 Å². The largest absolute Gasteiger partial charge is 0.409 e. The topological polar surface area (TPSA) is 96.7 Å². The Kier molecular flexibility index (Phi) is 4.09. The van der Waals surface area contributed by atoms with Crippen LogP contribution < -0.4 is 11.1 Å². The van der Waals surface area contributed by atoms with Crippen LogP contribution in [0.5, 0.6) is 0 Å². The molecule has 0 spiro atoms. The van der Waals surface area contributed by atoms with Crippen LogP contribution in [-0.4, -0.2) is 16.2 Å². The molecule has 0 aliphatic heterocycles. The molecule has 0 aliphatic rings. The van der Waals surface area contributed by atoms with Gasteiger partial charge in [-0.2, -0.15) is 0 Å². The lowest BCUT2D eigenvalue weighted by atomic mass is 10.1. The first-order chi connectivity index (χ1) is 9.19. The Balaban J connectivity index is 2.02. The van der Waals surface area contributed by atoms with Gasteiger partial charge in [-0.1, -0.05) is 10.3 Å². The number of hydrogen-bond acceptors (Lipinski definition) is 5. The third kappa shape index (κ3) is 3.52. The summed E-state index contributed by atoms with van der Waals surface area (Å²) < 4.78 is 18.3. The van der Waals surface area contributed by atoms with E-state index in [9.17, 15) is 4.39 Å². The van der Waals surface area contributed by atoms with Gasteiger partial charge in [0.1, 0.15) is 11.6 Å². The van der Waals surface area contributed by atoms with E-state index in [4.69, 9.17) is 15.5 Å². The molecule has 7 heteroatoms. The van der Waals surface area contributed by atoms with Gasteiger partial charge in [0.2, 0.25) is 0 Å². The summed E-state index contributed by atoms with van der Waals surface area (Å²) in [6, 6.07) is 5.96. The Labute approximate surface area is 108 Å². The highest BCUT2D eigenvalue weighted by molar-refractivity contribution is 5.97. The normalized spacial score (nSPS) is 11.7. The Bertz CT molecular complexity index is 569. The van der Waals surface area contributed by atoms with Crippen molar-refractivity contribution in [1.29, 1.82) is 0 Å². The summed E-state index contributed by atoms with van der Waals surface area (Å²) in [6.45, 7) is 0.902. The highest BCUT2D eigenvalue weighted by atomic mass is 19.1. The molecule has 0 radical (unpaired) electrons. The van der Waals surface area contributed by atoms with E-state index in [0.29, 0.717) is 30.0 Å². The minimum atomic E-state index is -0.444. The average Bonchev–Trinajstić information content (AvgIpc) is 2.90. The molecule has 1 aromatic carbocycles. The molecule has 1 heterocycles. The van der Waals surface area contributed by atoms with Crippen molar-refractivity contribution in [3.05, 3.63) is 53.2 Å². The zero-order chi connectivity index (χ0) is 13.7. The van der Waals surface area contributed by atoms with Crippen LogP contribution >= 0.6 is 0 Å². The minimum absolute atomic E-state index is 0.129. The molecule has 1 aromatic heterocycles. The number of hydrogen-bond donors (Lipinski definition) is 3. The predicted octanol–water partition coefficient (Wildman–Crippen LogP) is 1.20. The summed E-state index contributed by atoms with van der Waals surface area (Å²) in [5.41, 5.74) is 6.44. The molecule has 6 nitrogen and oxygen atoms in total. The highest BCUT2D eigenvalue weighted by Crippen LogP contribution is 2.09. The van der Waals surface area contributed by atoms with Gasteiger partial charge in [-0.15, -0.1) is 0 Å². The number of aromatic nitrogens is 1. The van der Waals surface area contributed by atoms with E-state index < -0.39 is 5.82 Å². The SMILES string of the molecule is N/C(=N/O)c1cc(F)cc(CNCc2ccno2)c1. The molecule has 0 saturated heterocycles. The van der Waals surface area contributed by atoms with Crippen molar-refractivity contribution >= 4 is 5.84 Å². The molecule has 0 bridgehead atoms. The molecule has 2 rings (SSSR count). The maximum atomic E-state index is 13.4. The van der Waals surface area contributed by atoms with Gasteiger partial charge in [-0.25, -0.2) is 4.39 Å². The van der Waals surface area contributed by atoms with Gasteiger partial charge in [0.15, 0.2) is 5.84 Å². The number of oxime groups is 1. The van der Waals surface area contributed by atoms with E-state index in [2.05, 4.69) is 15.6 Å². The number of nitrogens with two attached hydrogens (primary N) is 1. The summed E-state index contributed by atoms with van der Waals surface area (Å²) in [5.74, 6) is 0.115. The zero-order valence-corrected chi connectivity index (χ0v) is 10.0. The van der Waals surface area contributed by atoms with Crippen molar-refractivity contribution in [3.63, 3.8) is 0 Å². The van der Waals surface area contributed by atoms with Crippen LogP contribution in [0.3, 0.4) is 0 Å². The lowest BCUT2D eigenvalue weighted by molar-refractivity contribution is 0.318. The van der Waals surface area contributed by atoms with Crippen LogP contribution in [0.4, 0.5) is 4.39 Å². The lowest BCUT2D eigenvalue weighted by Gasteiger charge is -2.06. The number of benzene rings is 1. The van der Waals surface area contributed by atoms with Crippen molar-refractivity contribution in [3.8, 4) is 0 Å². The second-order valence-corrected chi connectivity index (χ2v) is 3.92. The van der Waals surface area contributed by atoms with Gasteiger partial charge in [0.05, 0.1) is 12.7 Å². The maximum Gasteiger partial charge on any atom is 0.170 e. The standard InChI is InChI=1S/C12H13FN4O2/c13-10-4-8(3-9(5-10)12(14)17-18)6-15-7-11-1-2-16-19-11/h1-5,15,18H,6-7H2,(H2,14,17). The number of amidine groups is 1. The molecule has 0 aliphatic carbocycles. The molecule has 0 amide bonds. The fraction of sp³-hybridized carbons (Fsp3) is 0.167. The Hall–Kier alpha value is -2.41. The summed E-state index contributed by atoms with van der Waals surface area (Å²) in [7, 11) is 0. The van der Waals surface area contributed by atoms with Gasteiger partial charge < -0.3 is 20.8 Å². The number of nitrogens with zero attached hydrogens (tertiary/aromatic N) is 2. The smallest absolute Gasteiger partial charge is 0.170 e. The minimum Gasteiger partial charge on any atom is -0.409 e. The third-order valence-electron chi connectivity index (χ3n) is 2.48. The van der Waals surface area contributed by atoms with Crippen LogP contribution in [0.2, 0.25) is 0 Å². The van der Waals surface area contributed by atoms with E-state index >= 15 is 0 Å². The molecule has 0 saturated carbocycles. The quantitative estimate of drug-likeness (QED) is 0.326. The molecule has 4 N–H and O–H groups in total. The average molecular weight is 264 g/mol. The maximum absolute atomic E-state index is 13.4. The number of nitrogens with one attached hydrogen (secondary N) is 1. The first-order valence-electron chi connectivity index (χ1n) is 5.56. The zero-order valence-electron chi connectivity index (χ0n) is 10.0. The van der Waals surface area contributed by atoms with Crippen LogP contribution in [0, 0.1) is 5.82 Å². The highest BCUT2D eigenvalue weighted by Gasteiger charge is 2.05. The third-order valence-corrected chi connectivity index (χ3v) is 2.48. The van der Waals surface area contributed by atoms with E-state index in [1.54, 1.807) is 18.3 Å². The van der Waals surface area contributed by atoms with Crippen molar-refractivity contribution in [2.45, 2.75) is 13.1 Å². The van der Waals surface area contributed by atoms with Crippen molar-refractivity contribution in [2.24, 2.45) is 10.9 Å². The van der Waals surface area contributed by atoms with Gasteiger partial charge in [-0.05, 0) is 23.8 Å². The Morgan fingerprint density at radius 2 is 2.26 bits per heavy atom. The fourth-order valence-corrected chi connectivity index (χ4v) is 1.62. The monoisotopic (exact) mass is 264 g/mol. The first-order valence-corrected chi connectivity index (χ1v) is 5.56. The van der Waals surface area contributed by atoms with Crippen LogP contribution in [0.25, 0.3) is 0 Å². The van der Waals surface area contributed by atoms with E-state index in [1.165, 1.54) is 12.1 Å². The number of rotatable bonds is 5. The fourth-order valence-electron chi connectivity index (χ4n) is 1.62. The summed E-state index contributed by atoms with van der Waals surface area (Å²) in [6.07, 6.45) is 1.55. The lowest BCUT2D eigenvalue weighted by Crippen LogP contribution is -2.16. The van der Waals surface area contributed by atoms with Crippen LogP contribution in [0.15, 0.2) is 40.1 Å². The Morgan fingerprint density at radius 1 is 1.42 bits per heavy atom. The van der Waals surface area contributed by atoms with E-state index in [1.807, 2.05) is 0 Å². The summed E-state index contributed by atoms with van der Waals surface area (Å²) in [5, 5.41) is 18.1. The second-order valence-electron chi connectivity index (χ2n) is 3.92. The summed E-state index contributed by atoms with van der Waals surface area (Å²) in [4.78, 5) is 0. The number of halogens is 1. The predicted molar refractivity (Wildman–Crippen MR) is 66.0 cm³/mol. The molecule has 0 fully saturated rings. The molecular formula is C12H13FN4O2. The molecule has 0 atom stereocenters. The van der Waals surface area contributed by atoms with Gasteiger partial charge >= 0.3 is 0 Å². The van der Waals surface area contributed by atoms with E-state index in [-0.39, 0.29) is 5.84 Å². The molecule has 100 valence electrons. The second kappa shape index (κ2) is 5.96. The van der Waals surface area contributed by atoms with Crippen molar-refractivity contribution in [1.82, 2.24) is 10.5 Å². The van der Waals surface area contributed by atoms with Crippen LogP contribution in [0.1, 0.15) is 16.9 Å².